The summed E-state index contributed by atoms with van der Waals surface area (Å²) in [6, 6.07) is 12.5. The van der Waals surface area contributed by atoms with Crippen molar-refractivity contribution in [2.24, 2.45) is 0 Å². The highest BCUT2D eigenvalue weighted by molar-refractivity contribution is 5.36. The number of rotatable bonds is 3. The van der Waals surface area contributed by atoms with E-state index >= 15 is 0 Å². The molecule has 3 atom stereocenters. The van der Waals surface area contributed by atoms with Crippen LogP contribution in [-0.4, -0.2) is 16.2 Å². The summed E-state index contributed by atoms with van der Waals surface area (Å²) < 4.78 is 0. The zero-order valence-electron chi connectivity index (χ0n) is 11.0. The predicted octanol–water partition coefficient (Wildman–Crippen LogP) is 2.39. The van der Waals surface area contributed by atoms with Crippen molar-refractivity contribution in [3.8, 4) is 0 Å². The first kappa shape index (κ1) is 12.3. The Kier molecular flexibility index (Phi) is 3.32. The Bertz CT molecular complexity index is 556. The first-order valence-corrected chi connectivity index (χ1v) is 6.67. The van der Waals surface area contributed by atoms with Crippen LogP contribution in [0.25, 0.3) is 0 Å². The number of hydrogen-bond acceptors (Lipinski definition) is 3. The van der Waals surface area contributed by atoms with E-state index in [0.29, 0.717) is 0 Å². The molecule has 2 aromatic rings. The number of aromatic nitrogens is 1. The van der Waals surface area contributed by atoms with E-state index in [1.165, 1.54) is 16.7 Å². The molecule has 1 aliphatic carbocycles. The first-order chi connectivity index (χ1) is 9.25. The molecule has 1 aromatic heterocycles. The van der Waals surface area contributed by atoms with Crippen LogP contribution in [0.4, 0.5) is 0 Å². The number of aliphatic hydroxyl groups excluding tert-OH is 1. The molecule has 19 heavy (non-hydrogen) atoms. The summed E-state index contributed by atoms with van der Waals surface area (Å²) in [7, 11) is 0. The predicted molar refractivity (Wildman–Crippen MR) is 74.7 cm³/mol. The Morgan fingerprint density at radius 1 is 1.21 bits per heavy atom. The summed E-state index contributed by atoms with van der Waals surface area (Å²) in [6.07, 6.45) is 3.98. The number of nitrogens with zero attached hydrogens (tertiary/aromatic N) is 1. The molecule has 3 nitrogen and oxygen atoms in total. The van der Waals surface area contributed by atoms with Crippen LogP contribution >= 0.6 is 0 Å². The van der Waals surface area contributed by atoms with Crippen molar-refractivity contribution in [1.82, 2.24) is 10.3 Å². The standard InChI is InChI=1S/C16H18N2O/c1-11(12-6-8-17-9-7-12)18-16-14-5-3-2-4-13(14)10-15(16)19/h2-9,11,15-16,18-19H,10H2,1H3. The van der Waals surface area contributed by atoms with E-state index in [4.69, 9.17) is 0 Å². The highest BCUT2D eigenvalue weighted by atomic mass is 16.3. The summed E-state index contributed by atoms with van der Waals surface area (Å²) in [5.74, 6) is 0. The monoisotopic (exact) mass is 254 g/mol. The third kappa shape index (κ3) is 2.39. The van der Waals surface area contributed by atoms with Crippen molar-refractivity contribution in [3.05, 3.63) is 65.5 Å². The van der Waals surface area contributed by atoms with Gasteiger partial charge in [-0.3, -0.25) is 4.98 Å². The molecule has 0 amide bonds. The molecular weight excluding hydrogens is 236 g/mol. The van der Waals surface area contributed by atoms with E-state index in [-0.39, 0.29) is 18.2 Å². The van der Waals surface area contributed by atoms with Crippen molar-refractivity contribution in [2.45, 2.75) is 31.5 Å². The zero-order chi connectivity index (χ0) is 13.2. The van der Waals surface area contributed by atoms with Gasteiger partial charge in [-0.15, -0.1) is 0 Å². The van der Waals surface area contributed by atoms with E-state index < -0.39 is 0 Å². The van der Waals surface area contributed by atoms with Crippen molar-refractivity contribution >= 4 is 0 Å². The quantitative estimate of drug-likeness (QED) is 0.884. The molecule has 0 spiro atoms. The highest BCUT2D eigenvalue weighted by Gasteiger charge is 2.31. The molecule has 0 aliphatic heterocycles. The van der Waals surface area contributed by atoms with Gasteiger partial charge in [0.1, 0.15) is 0 Å². The van der Waals surface area contributed by atoms with Crippen LogP contribution in [0.2, 0.25) is 0 Å². The van der Waals surface area contributed by atoms with Gasteiger partial charge in [0.15, 0.2) is 0 Å². The Balaban J connectivity index is 1.80. The Morgan fingerprint density at radius 3 is 2.74 bits per heavy atom. The number of pyridine rings is 1. The fourth-order valence-corrected chi connectivity index (χ4v) is 2.79. The Morgan fingerprint density at radius 2 is 1.95 bits per heavy atom. The second-order valence-electron chi connectivity index (χ2n) is 5.12. The average Bonchev–Trinajstić information content (AvgIpc) is 2.76. The van der Waals surface area contributed by atoms with Gasteiger partial charge in [0, 0.05) is 24.9 Å². The van der Waals surface area contributed by atoms with Crippen molar-refractivity contribution in [3.63, 3.8) is 0 Å². The lowest BCUT2D eigenvalue weighted by Gasteiger charge is -2.23. The van der Waals surface area contributed by atoms with Crippen LogP contribution in [-0.2, 0) is 6.42 Å². The van der Waals surface area contributed by atoms with E-state index in [0.717, 1.165) is 6.42 Å². The number of benzene rings is 1. The Hall–Kier alpha value is -1.71. The summed E-state index contributed by atoms with van der Waals surface area (Å²) in [4.78, 5) is 4.03. The van der Waals surface area contributed by atoms with Gasteiger partial charge in [-0.05, 0) is 35.7 Å². The Labute approximate surface area is 113 Å². The van der Waals surface area contributed by atoms with E-state index in [1.807, 2.05) is 24.3 Å². The minimum Gasteiger partial charge on any atom is -0.391 e. The molecular formula is C16H18N2O. The molecule has 0 fully saturated rings. The number of fused-ring (bicyclic) bond motifs is 1. The van der Waals surface area contributed by atoms with Crippen LogP contribution < -0.4 is 5.32 Å². The van der Waals surface area contributed by atoms with Gasteiger partial charge in [-0.25, -0.2) is 0 Å². The minimum absolute atomic E-state index is 0.0133. The summed E-state index contributed by atoms with van der Waals surface area (Å²) in [5.41, 5.74) is 3.65. The number of nitrogens with one attached hydrogen (secondary N) is 1. The maximum Gasteiger partial charge on any atom is 0.0775 e. The topological polar surface area (TPSA) is 45.1 Å². The maximum atomic E-state index is 10.2. The summed E-state index contributed by atoms with van der Waals surface area (Å²) in [6.45, 7) is 2.11. The molecule has 3 unspecified atom stereocenters. The highest BCUT2D eigenvalue weighted by Crippen LogP contribution is 2.33. The lowest BCUT2D eigenvalue weighted by molar-refractivity contribution is 0.136. The lowest BCUT2D eigenvalue weighted by atomic mass is 10.0. The van der Waals surface area contributed by atoms with Gasteiger partial charge in [-0.2, -0.15) is 0 Å². The van der Waals surface area contributed by atoms with Gasteiger partial charge in [0.2, 0.25) is 0 Å². The first-order valence-electron chi connectivity index (χ1n) is 6.67. The fraction of sp³-hybridized carbons (Fsp3) is 0.312. The molecule has 0 radical (unpaired) electrons. The van der Waals surface area contributed by atoms with Gasteiger partial charge in [-0.1, -0.05) is 24.3 Å². The normalized spacial score (nSPS) is 23.1. The van der Waals surface area contributed by atoms with Gasteiger partial charge in [0.25, 0.3) is 0 Å². The average molecular weight is 254 g/mol. The van der Waals surface area contributed by atoms with Crippen molar-refractivity contribution < 1.29 is 5.11 Å². The third-order valence-electron chi connectivity index (χ3n) is 3.84. The molecule has 1 heterocycles. The molecule has 3 heteroatoms. The third-order valence-corrected chi connectivity index (χ3v) is 3.84. The molecule has 2 N–H and O–H groups in total. The van der Waals surface area contributed by atoms with Gasteiger partial charge < -0.3 is 10.4 Å². The molecule has 1 aliphatic rings. The second kappa shape index (κ2) is 5.11. The molecule has 1 aromatic carbocycles. The fourth-order valence-electron chi connectivity index (χ4n) is 2.79. The lowest BCUT2D eigenvalue weighted by Crippen LogP contribution is -2.30. The maximum absolute atomic E-state index is 10.2. The van der Waals surface area contributed by atoms with Crippen LogP contribution in [0.1, 0.15) is 35.7 Å². The van der Waals surface area contributed by atoms with Crippen LogP contribution in [0.3, 0.4) is 0 Å². The number of hydrogen-bond donors (Lipinski definition) is 2. The van der Waals surface area contributed by atoms with Gasteiger partial charge >= 0.3 is 0 Å². The van der Waals surface area contributed by atoms with Gasteiger partial charge in [0.05, 0.1) is 12.1 Å². The van der Waals surface area contributed by atoms with Crippen LogP contribution in [0.15, 0.2) is 48.8 Å². The van der Waals surface area contributed by atoms with Crippen molar-refractivity contribution in [2.75, 3.05) is 0 Å². The van der Waals surface area contributed by atoms with E-state index in [1.54, 1.807) is 12.4 Å². The van der Waals surface area contributed by atoms with Crippen molar-refractivity contribution in [1.29, 1.82) is 0 Å². The molecule has 3 rings (SSSR count). The summed E-state index contributed by atoms with van der Waals surface area (Å²) in [5, 5.41) is 13.8. The minimum atomic E-state index is -0.346. The smallest absolute Gasteiger partial charge is 0.0775 e. The van der Waals surface area contributed by atoms with Crippen LogP contribution in [0, 0.1) is 0 Å². The largest absolute Gasteiger partial charge is 0.391 e. The molecule has 98 valence electrons. The number of aliphatic hydroxyl groups is 1. The van der Waals surface area contributed by atoms with E-state index in [9.17, 15) is 5.11 Å². The zero-order valence-corrected chi connectivity index (χ0v) is 11.0. The van der Waals surface area contributed by atoms with E-state index in [2.05, 4.69) is 29.4 Å². The molecule has 0 saturated carbocycles. The molecule has 0 bridgehead atoms. The summed E-state index contributed by atoms with van der Waals surface area (Å²) >= 11 is 0. The molecule has 0 saturated heterocycles. The van der Waals surface area contributed by atoms with Crippen LogP contribution in [0.5, 0.6) is 0 Å². The second-order valence-corrected chi connectivity index (χ2v) is 5.12. The SMILES string of the molecule is CC(NC1c2ccccc2CC1O)c1ccncc1.